The van der Waals surface area contributed by atoms with Gasteiger partial charge in [0.15, 0.2) is 0 Å². The highest BCUT2D eigenvalue weighted by molar-refractivity contribution is 5.99. The maximum absolute atomic E-state index is 14.1. The van der Waals surface area contributed by atoms with Gasteiger partial charge in [-0.2, -0.15) is 0 Å². The Morgan fingerprint density at radius 2 is 1.82 bits per heavy atom. The molecule has 0 aromatic heterocycles. The second kappa shape index (κ2) is 9.53. The van der Waals surface area contributed by atoms with Crippen LogP contribution < -0.4 is 5.32 Å². The molecule has 2 aromatic carbocycles. The fraction of sp³-hybridized carbons (Fsp3) is 0.379. The summed E-state index contributed by atoms with van der Waals surface area (Å²) >= 11 is 0. The predicted octanol–water partition coefficient (Wildman–Crippen LogP) is 4.38. The molecular formula is C29H28F3N3O3. The smallest absolute Gasteiger partial charge is 0.274 e. The summed E-state index contributed by atoms with van der Waals surface area (Å²) in [6, 6.07) is 11.0. The first-order valence-corrected chi connectivity index (χ1v) is 12.9. The predicted molar refractivity (Wildman–Crippen MR) is 132 cm³/mol. The van der Waals surface area contributed by atoms with Gasteiger partial charge in [0.25, 0.3) is 5.91 Å². The van der Waals surface area contributed by atoms with Crippen LogP contribution in [0.2, 0.25) is 0 Å². The highest BCUT2D eigenvalue weighted by Gasteiger charge is 2.56. The zero-order chi connectivity index (χ0) is 26.6. The van der Waals surface area contributed by atoms with Gasteiger partial charge in [-0.3, -0.25) is 9.59 Å². The Bertz CT molecular complexity index is 1340. The van der Waals surface area contributed by atoms with Gasteiger partial charge in [-0.1, -0.05) is 37.3 Å². The first kappa shape index (κ1) is 24.6. The molecule has 1 aliphatic carbocycles. The lowest BCUT2D eigenvalue weighted by molar-refractivity contribution is -0.138. The SMILES string of the molecule is C[C@H]1C[C@@H]2C[C@H]1N1C(=O)C3=C(OCc4ccccc4)CC(C(=O)NCc4c(F)cc(F)cc4F)=CN3CC21. The Labute approximate surface area is 218 Å². The maximum atomic E-state index is 14.1. The van der Waals surface area contributed by atoms with Gasteiger partial charge in [-0.05, 0) is 30.2 Å². The van der Waals surface area contributed by atoms with Gasteiger partial charge >= 0.3 is 0 Å². The van der Waals surface area contributed by atoms with Crippen LogP contribution in [-0.2, 0) is 27.5 Å². The van der Waals surface area contributed by atoms with E-state index in [2.05, 4.69) is 12.2 Å². The van der Waals surface area contributed by atoms with Gasteiger partial charge in [0.1, 0.15) is 35.5 Å². The fourth-order valence-corrected chi connectivity index (χ4v) is 6.44. The number of rotatable bonds is 6. The van der Waals surface area contributed by atoms with E-state index in [0.717, 1.165) is 18.4 Å². The average Bonchev–Trinajstić information content (AvgIpc) is 3.44. The number of piperazine rings is 1. The molecule has 2 amide bonds. The van der Waals surface area contributed by atoms with Crippen LogP contribution in [0.15, 0.2) is 65.7 Å². The highest BCUT2D eigenvalue weighted by atomic mass is 19.1. The molecule has 0 spiro atoms. The summed E-state index contributed by atoms with van der Waals surface area (Å²) in [5, 5.41) is 2.54. The summed E-state index contributed by atoms with van der Waals surface area (Å²) in [7, 11) is 0. The number of halogens is 3. The van der Waals surface area contributed by atoms with E-state index in [1.165, 1.54) is 0 Å². The molecule has 3 fully saturated rings. The fourth-order valence-electron chi connectivity index (χ4n) is 6.44. The largest absolute Gasteiger partial charge is 0.491 e. The number of hydrogen-bond acceptors (Lipinski definition) is 4. The van der Waals surface area contributed by atoms with Crippen molar-refractivity contribution in [2.75, 3.05) is 6.54 Å². The zero-order valence-corrected chi connectivity index (χ0v) is 20.9. The van der Waals surface area contributed by atoms with Crippen molar-refractivity contribution in [1.29, 1.82) is 0 Å². The Balaban J connectivity index is 1.26. The molecule has 4 atom stereocenters. The van der Waals surface area contributed by atoms with E-state index in [1.54, 1.807) is 6.20 Å². The van der Waals surface area contributed by atoms with E-state index in [4.69, 9.17) is 4.74 Å². The van der Waals surface area contributed by atoms with E-state index in [0.29, 0.717) is 47.5 Å². The van der Waals surface area contributed by atoms with Crippen LogP contribution in [0.5, 0.6) is 0 Å². The number of benzene rings is 2. The van der Waals surface area contributed by atoms with Gasteiger partial charge in [0, 0.05) is 55.0 Å². The third-order valence-electron chi connectivity index (χ3n) is 8.25. The van der Waals surface area contributed by atoms with Crippen molar-refractivity contribution in [2.24, 2.45) is 11.8 Å². The molecule has 1 N–H and O–H groups in total. The van der Waals surface area contributed by atoms with E-state index in [9.17, 15) is 22.8 Å². The number of piperidine rings is 1. The Morgan fingerprint density at radius 1 is 1.08 bits per heavy atom. The first-order chi connectivity index (χ1) is 18.3. The second-order valence-corrected chi connectivity index (χ2v) is 10.6. The summed E-state index contributed by atoms with van der Waals surface area (Å²) in [6.07, 6.45) is 3.79. The van der Waals surface area contributed by atoms with Crippen molar-refractivity contribution in [3.8, 4) is 0 Å². The van der Waals surface area contributed by atoms with Gasteiger partial charge < -0.3 is 19.9 Å². The van der Waals surface area contributed by atoms with Crippen molar-refractivity contribution >= 4 is 11.8 Å². The maximum Gasteiger partial charge on any atom is 0.274 e. The number of nitrogens with zero attached hydrogens (tertiary/aromatic N) is 2. The molecule has 9 heteroatoms. The third kappa shape index (κ3) is 4.23. The third-order valence-corrected chi connectivity index (χ3v) is 8.25. The lowest BCUT2D eigenvalue weighted by atomic mass is 9.90. The lowest BCUT2D eigenvalue weighted by Crippen LogP contribution is -2.58. The van der Waals surface area contributed by atoms with Crippen molar-refractivity contribution in [1.82, 2.24) is 15.1 Å². The molecule has 4 aliphatic rings. The molecule has 3 heterocycles. The molecule has 6 nitrogen and oxygen atoms in total. The highest BCUT2D eigenvalue weighted by Crippen LogP contribution is 2.49. The number of hydrogen-bond donors (Lipinski definition) is 1. The van der Waals surface area contributed by atoms with Gasteiger partial charge in [-0.25, -0.2) is 13.2 Å². The molecular weight excluding hydrogens is 495 g/mol. The Morgan fingerprint density at radius 3 is 2.55 bits per heavy atom. The normalized spacial score (nSPS) is 25.8. The van der Waals surface area contributed by atoms with Crippen LogP contribution >= 0.6 is 0 Å². The van der Waals surface area contributed by atoms with Gasteiger partial charge in [0.05, 0.1) is 6.04 Å². The first-order valence-electron chi connectivity index (χ1n) is 12.9. The monoisotopic (exact) mass is 523 g/mol. The van der Waals surface area contributed by atoms with E-state index in [1.807, 2.05) is 40.1 Å². The lowest BCUT2D eigenvalue weighted by Gasteiger charge is -2.47. The number of amides is 2. The minimum atomic E-state index is -1.07. The van der Waals surface area contributed by atoms with Crippen LogP contribution in [0.1, 0.15) is 37.3 Å². The van der Waals surface area contributed by atoms with Crippen molar-refractivity contribution in [2.45, 2.75) is 51.4 Å². The number of carbonyl (C=O) groups is 2. The Kier molecular flexibility index (Phi) is 6.16. The topological polar surface area (TPSA) is 61.9 Å². The Hall–Kier alpha value is -3.75. The minimum Gasteiger partial charge on any atom is -0.491 e. The van der Waals surface area contributed by atoms with E-state index >= 15 is 0 Å². The van der Waals surface area contributed by atoms with Crippen molar-refractivity contribution in [3.63, 3.8) is 0 Å². The van der Waals surface area contributed by atoms with E-state index < -0.39 is 35.5 Å². The standard InChI is InChI=1S/C29H28F3N3O3/c1-16-7-18-8-24(16)35-25(18)14-34-13-19(28(36)33-12-21-22(31)10-20(30)11-23(21)32)9-26(27(34)29(35)37)38-15-17-5-3-2-4-6-17/h2-6,10-11,13,16,18,24-25H,7-9,12,14-15H2,1H3,(H,33,36)/t16-,18+,24+,25?/m0/s1. The quantitative estimate of drug-likeness (QED) is 0.611. The van der Waals surface area contributed by atoms with Crippen LogP contribution in [-0.4, -0.2) is 40.2 Å². The number of fused-ring (bicyclic) bond motifs is 6. The van der Waals surface area contributed by atoms with Crippen molar-refractivity contribution < 1.29 is 27.5 Å². The summed E-state index contributed by atoms with van der Waals surface area (Å²) in [4.78, 5) is 30.8. The molecule has 1 saturated carbocycles. The average molecular weight is 524 g/mol. The van der Waals surface area contributed by atoms with Crippen LogP contribution in [0.3, 0.4) is 0 Å². The van der Waals surface area contributed by atoms with Crippen molar-refractivity contribution in [3.05, 3.63) is 94.3 Å². The number of ether oxygens (including phenoxy) is 1. The molecule has 198 valence electrons. The summed E-state index contributed by atoms with van der Waals surface area (Å²) < 4.78 is 47.6. The van der Waals surface area contributed by atoms with Crippen LogP contribution in [0, 0.1) is 29.3 Å². The number of nitrogens with one attached hydrogen (secondary N) is 1. The minimum absolute atomic E-state index is 0.0623. The van der Waals surface area contributed by atoms with Gasteiger partial charge in [-0.15, -0.1) is 0 Å². The summed E-state index contributed by atoms with van der Waals surface area (Å²) in [6.45, 7) is 2.54. The molecule has 2 bridgehead atoms. The number of allylic oxidation sites excluding steroid dienone is 1. The van der Waals surface area contributed by atoms with Crippen LogP contribution in [0.25, 0.3) is 0 Å². The summed E-state index contributed by atoms with van der Waals surface area (Å²) in [5.74, 6) is -2.50. The molecule has 3 aliphatic heterocycles. The molecule has 2 saturated heterocycles. The molecule has 6 rings (SSSR count). The molecule has 1 unspecified atom stereocenters. The van der Waals surface area contributed by atoms with Gasteiger partial charge in [0.2, 0.25) is 5.91 Å². The number of carbonyl (C=O) groups excluding carboxylic acids is 2. The van der Waals surface area contributed by atoms with E-state index in [-0.39, 0.29) is 31.0 Å². The zero-order valence-electron chi connectivity index (χ0n) is 20.9. The van der Waals surface area contributed by atoms with Crippen LogP contribution in [0.4, 0.5) is 13.2 Å². The second-order valence-electron chi connectivity index (χ2n) is 10.6. The molecule has 38 heavy (non-hydrogen) atoms. The summed E-state index contributed by atoms with van der Waals surface area (Å²) in [5.41, 5.74) is 1.26. The molecule has 0 radical (unpaired) electrons. The molecule has 2 aromatic rings.